The van der Waals surface area contributed by atoms with Crippen LogP contribution in [-0.4, -0.2) is 35.5 Å². The second-order valence-electron chi connectivity index (χ2n) is 5.18. The van der Waals surface area contributed by atoms with Gasteiger partial charge in [0.1, 0.15) is 6.04 Å². The topological polar surface area (TPSA) is 95.5 Å². The summed E-state index contributed by atoms with van der Waals surface area (Å²) in [7, 11) is 0. The van der Waals surface area contributed by atoms with Gasteiger partial charge in [0.25, 0.3) is 0 Å². The molecule has 0 fully saturated rings. The van der Waals surface area contributed by atoms with Crippen LogP contribution in [0.15, 0.2) is 37.0 Å². The minimum absolute atomic E-state index is 0.0454. The van der Waals surface area contributed by atoms with Crippen molar-refractivity contribution in [3.63, 3.8) is 0 Å². The van der Waals surface area contributed by atoms with Crippen molar-refractivity contribution >= 4 is 17.8 Å². The zero-order valence-corrected chi connectivity index (χ0v) is 15.6. The highest BCUT2D eigenvalue weighted by molar-refractivity contribution is 5.87. The third-order valence-corrected chi connectivity index (χ3v) is 3.15. The summed E-state index contributed by atoms with van der Waals surface area (Å²) in [5.74, 6) is -1.61. The lowest BCUT2D eigenvalue weighted by molar-refractivity contribution is -0.137. The quantitative estimate of drug-likeness (QED) is 0.393. The van der Waals surface area contributed by atoms with Gasteiger partial charge in [0.2, 0.25) is 11.8 Å². The Morgan fingerprint density at radius 3 is 2.12 bits per heavy atom. The van der Waals surface area contributed by atoms with Gasteiger partial charge in [-0.2, -0.15) is 0 Å². The zero-order chi connectivity index (χ0) is 19.7. The van der Waals surface area contributed by atoms with Crippen LogP contribution in [0.4, 0.5) is 0 Å². The average Bonchev–Trinajstić information content (AvgIpc) is 2.59. The fraction of sp³-hybridized carbons (Fsp3) is 0.526. The van der Waals surface area contributed by atoms with Crippen LogP contribution in [0.2, 0.25) is 0 Å². The van der Waals surface area contributed by atoms with Crippen molar-refractivity contribution in [1.82, 2.24) is 10.6 Å². The first-order chi connectivity index (χ1) is 11.9. The average molecular weight is 352 g/mol. The number of hydrogen-bond donors (Lipinski definition) is 3. The minimum Gasteiger partial charge on any atom is -0.481 e. The number of aliphatic carboxylic acids is 1. The van der Waals surface area contributed by atoms with Gasteiger partial charge in [-0.3, -0.25) is 14.4 Å². The third kappa shape index (κ3) is 14.9. The number of nitrogens with one attached hydrogen (secondary N) is 2. The number of rotatable bonds is 11. The molecule has 0 heterocycles. The number of carboxylic acid groups (broad SMARTS) is 1. The van der Waals surface area contributed by atoms with Gasteiger partial charge in [-0.1, -0.05) is 51.2 Å². The number of amides is 2. The standard InChI is InChI=1S/C11H18N2O4.C8H14/c1-3-5-8(13-9(14)4-2)11(17)12-7-6-10(15)16;1-4-7-8(5-2)6-3/h3,8H,1,4-7H2,2H3,(H,12,17)(H,13,14)(H,15,16);5,7H,2,4,6H2,1,3H3/b;8-7+. The minimum atomic E-state index is -0.983. The van der Waals surface area contributed by atoms with Crippen LogP contribution in [0.3, 0.4) is 0 Å². The van der Waals surface area contributed by atoms with Crippen molar-refractivity contribution in [3.8, 4) is 0 Å². The van der Waals surface area contributed by atoms with E-state index < -0.39 is 17.9 Å². The maximum absolute atomic E-state index is 11.6. The van der Waals surface area contributed by atoms with Crippen molar-refractivity contribution in [1.29, 1.82) is 0 Å². The maximum Gasteiger partial charge on any atom is 0.305 e. The van der Waals surface area contributed by atoms with E-state index in [4.69, 9.17) is 5.11 Å². The van der Waals surface area contributed by atoms with E-state index in [0.29, 0.717) is 6.42 Å². The van der Waals surface area contributed by atoms with Gasteiger partial charge in [0.05, 0.1) is 6.42 Å². The molecule has 0 bridgehead atoms. The number of carboxylic acids is 1. The second-order valence-corrected chi connectivity index (χ2v) is 5.18. The molecule has 3 N–H and O–H groups in total. The molecular weight excluding hydrogens is 320 g/mol. The van der Waals surface area contributed by atoms with Gasteiger partial charge in [-0.25, -0.2) is 0 Å². The molecule has 0 aromatic rings. The summed E-state index contributed by atoms with van der Waals surface area (Å²) < 4.78 is 0. The van der Waals surface area contributed by atoms with E-state index in [2.05, 4.69) is 43.7 Å². The second kappa shape index (κ2) is 16.5. The molecule has 0 spiro atoms. The highest BCUT2D eigenvalue weighted by atomic mass is 16.4. The maximum atomic E-state index is 11.6. The molecule has 2 amide bonds. The first kappa shape index (κ1) is 24.9. The molecule has 142 valence electrons. The largest absolute Gasteiger partial charge is 0.481 e. The van der Waals surface area contributed by atoms with Crippen LogP contribution in [0.1, 0.15) is 52.9 Å². The molecule has 25 heavy (non-hydrogen) atoms. The van der Waals surface area contributed by atoms with Gasteiger partial charge in [0.15, 0.2) is 0 Å². The molecule has 1 atom stereocenters. The van der Waals surface area contributed by atoms with Gasteiger partial charge in [-0.15, -0.1) is 6.58 Å². The Labute approximate surface area is 151 Å². The summed E-state index contributed by atoms with van der Waals surface area (Å²) in [5, 5.41) is 13.4. The molecule has 0 aliphatic heterocycles. The van der Waals surface area contributed by atoms with Crippen LogP contribution in [-0.2, 0) is 14.4 Å². The predicted molar refractivity (Wildman–Crippen MR) is 101 cm³/mol. The Kier molecular flexibility index (Phi) is 16.4. The first-order valence-electron chi connectivity index (χ1n) is 8.57. The van der Waals surface area contributed by atoms with E-state index in [0.717, 1.165) is 12.8 Å². The lowest BCUT2D eigenvalue weighted by atomic mass is 10.2. The van der Waals surface area contributed by atoms with Gasteiger partial charge < -0.3 is 15.7 Å². The Balaban J connectivity index is 0. The normalized spacial score (nSPS) is 11.4. The lowest BCUT2D eigenvalue weighted by Crippen LogP contribution is -2.46. The number of allylic oxidation sites excluding steroid dienone is 3. The Bertz CT molecular complexity index is 470. The summed E-state index contributed by atoms with van der Waals surface area (Å²) in [6.07, 6.45) is 8.33. The fourth-order valence-electron chi connectivity index (χ4n) is 1.74. The summed E-state index contributed by atoms with van der Waals surface area (Å²) >= 11 is 0. The van der Waals surface area contributed by atoms with E-state index >= 15 is 0 Å². The smallest absolute Gasteiger partial charge is 0.305 e. The van der Waals surface area contributed by atoms with Crippen LogP contribution < -0.4 is 10.6 Å². The number of carbonyl (C=O) groups is 3. The van der Waals surface area contributed by atoms with E-state index in [1.165, 1.54) is 11.6 Å². The molecule has 0 saturated carbocycles. The monoisotopic (exact) mass is 352 g/mol. The Morgan fingerprint density at radius 2 is 1.76 bits per heavy atom. The number of carbonyl (C=O) groups excluding carboxylic acids is 2. The number of hydrogen-bond acceptors (Lipinski definition) is 3. The molecule has 0 rings (SSSR count). The molecule has 6 nitrogen and oxygen atoms in total. The first-order valence-corrected chi connectivity index (χ1v) is 8.57. The van der Waals surface area contributed by atoms with E-state index in [-0.39, 0.29) is 25.3 Å². The van der Waals surface area contributed by atoms with Crippen molar-refractivity contribution in [2.75, 3.05) is 6.54 Å². The van der Waals surface area contributed by atoms with Gasteiger partial charge in [-0.05, 0) is 19.3 Å². The summed E-state index contributed by atoms with van der Waals surface area (Å²) in [5.41, 5.74) is 1.35. The lowest BCUT2D eigenvalue weighted by Gasteiger charge is -2.16. The zero-order valence-electron chi connectivity index (χ0n) is 15.6. The van der Waals surface area contributed by atoms with Crippen LogP contribution in [0.5, 0.6) is 0 Å². The summed E-state index contributed by atoms with van der Waals surface area (Å²) in [6.45, 7) is 13.2. The Morgan fingerprint density at radius 1 is 1.12 bits per heavy atom. The summed E-state index contributed by atoms with van der Waals surface area (Å²) in [6, 6.07) is -0.686. The molecule has 0 saturated heterocycles. The third-order valence-electron chi connectivity index (χ3n) is 3.15. The SMILES string of the molecule is C=C/C(=C\CC)CC.C=CCC(NC(=O)CC)C(=O)NCCC(=O)O. The van der Waals surface area contributed by atoms with E-state index in [9.17, 15) is 14.4 Å². The van der Waals surface area contributed by atoms with E-state index in [1.54, 1.807) is 6.92 Å². The highest BCUT2D eigenvalue weighted by Crippen LogP contribution is 2.01. The Hall–Kier alpha value is -2.37. The fourth-order valence-corrected chi connectivity index (χ4v) is 1.74. The van der Waals surface area contributed by atoms with Crippen LogP contribution in [0, 0.1) is 0 Å². The highest BCUT2D eigenvalue weighted by Gasteiger charge is 2.18. The molecule has 0 aliphatic rings. The summed E-state index contributed by atoms with van der Waals surface area (Å²) in [4.78, 5) is 33.0. The van der Waals surface area contributed by atoms with Crippen molar-refractivity contribution in [2.45, 2.75) is 58.9 Å². The molecule has 6 heteroatoms. The van der Waals surface area contributed by atoms with Crippen molar-refractivity contribution < 1.29 is 19.5 Å². The van der Waals surface area contributed by atoms with Crippen molar-refractivity contribution in [2.24, 2.45) is 0 Å². The molecular formula is C19H32N2O4. The van der Waals surface area contributed by atoms with E-state index in [1.807, 2.05) is 6.08 Å². The predicted octanol–water partition coefficient (Wildman–Crippen LogP) is 2.97. The molecule has 0 aromatic carbocycles. The van der Waals surface area contributed by atoms with Crippen LogP contribution >= 0.6 is 0 Å². The van der Waals surface area contributed by atoms with Gasteiger partial charge >= 0.3 is 5.97 Å². The van der Waals surface area contributed by atoms with Gasteiger partial charge in [0, 0.05) is 13.0 Å². The van der Waals surface area contributed by atoms with Crippen molar-refractivity contribution in [3.05, 3.63) is 37.0 Å². The molecule has 1 unspecified atom stereocenters. The molecule has 0 radical (unpaired) electrons. The van der Waals surface area contributed by atoms with Crippen LogP contribution in [0.25, 0.3) is 0 Å². The molecule has 0 aliphatic carbocycles. The molecule has 0 aromatic heterocycles.